The molecule has 184 valence electrons. The SMILES string of the molecule is Cc1c(C(=O)Nc2ccc(-c3nc(-c4ccc(N)cc4)cnc3N)cc2)c(=O)n(-c2ccccc2)n1C. The molecule has 0 aliphatic carbocycles. The predicted octanol–water partition coefficient (Wildman–Crippen LogP) is 4.03. The van der Waals surface area contributed by atoms with Gasteiger partial charge in [-0.25, -0.2) is 14.6 Å². The molecule has 37 heavy (non-hydrogen) atoms. The van der Waals surface area contributed by atoms with E-state index in [1.807, 2.05) is 42.5 Å². The molecule has 3 aromatic carbocycles. The summed E-state index contributed by atoms with van der Waals surface area (Å²) in [5.74, 6) is -0.192. The number of carbonyl (C=O) groups is 1. The van der Waals surface area contributed by atoms with Crippen molar-refractivity contribution in [3.8, 4) is 28.2 Å². The van der Waals surface area contributed by atoms with Crippen molar-refractivity contribution in [3.05, 3.63) is 107 Å². The summed E-state index contributed by atoms with van der Waals surface area (Å²) in [6.45, 7) is 1.74. The molecule has 9 heteroatoms. The molecular weight excluding hydrogens is 466 g/mol. The molecule has 9 nitrogen and oxygen atoms in total. The quantitative estimate of drug-likeness (QED) is 0.318. The van der Waals surface area contributed by atoms with Crippen molar-refractivity contribution in [2.75, 3.05) is 16.8 Å². The van der Waals surface area contributed by atoms with Crippen LogP contribution in [0.2, 0.25) is 0 Å². The smallest absolute Gasteiger partial charge is 0.284 e. The number of hydrogen-bond donors (Lipinski definition) is 3. The van der Waals surface area contributed by atoms with Crippen LogP contribution >= 0.6 is 0 Å². The standard InChI is InChI=1S/C28H25N7O2/c1-17-24(28(37)35(34(17)2)22-6-4-3-5-7-22)27(36)32-21-14-10-19(11-15-21)25-26(30)31-16-23(33-25)18-8-12-20(29)13-9-18/h3-16H,29H2,1-2H3,(H2,30,31)(H,32,36). The number of nitrogens with two attached hydrogens (primary N) is 2. The Bertz CT molecular complexity index is 1650. The van der Waals surface area contributed by atoms with E-state index in [0.717, 1.165) is 11.1 Å². The summed E-state index contributed by atoms with van der Waals surface area (Å²) in [5, 5.41) is 2.82. The Morgan fingerprint density at radius 3 is 2.22 bits per heavy atom. The van der Waals surface area contributed by atoms with Gasteiger partial charge in [-0.1, -0.05) is 42.5 Å². The van der Waals surface area contributed by atoms with Gasteiger partial charge in [0.05, 0.1) is 23.3 Å². The maximum Gasteiger partial charge on any atom is 0.284 e. The maximum atomic E-state index is 13.1. The highest BCUT2D eigenvalue weighted by atomic mass is 16.2. The number of para-hydroxylation sites is 1. The zero-order valence-electron chi connectivity index (χ0n) is 20.3. The highest BCUT2D eigenvalue weighted by molar-refractivity contribution is 6.05. The van der Waals surface area contributed by atoms with E-state index < -0.39 is 5.91 Å². The van der Waals surface area contributed by atoms with E-state index in [2.05, 4.69) is 15.3 Å². The second-order valence-electron chi connectivity index (χ2n) is 8.58. The number of anilines is 3. The largest absolute Gasteiger partial charge is 0.399 e. The number of amides is 1. The van der Waals surface area contributed by atoms with Crippen molar-refractivity contribution in [1.82, 2.24) is 19.3 Å². The number of nitrogens with one attached hydrogen (secondary N) is 1. The number of benzene rings is 3. The van der Waals surface area contributed by atoms with Gasteiger partial charge in [0.25, 0.3) is 11.5 Å². The van der Waals surface area contributed by atoms with E-state index in [0.29, 0.717) is 34.1 Å². The molecule has 0 fully saturated rings. The third-order valence-corrected chi connectivity index (χ3v) is 6.20. The highest BCUT2D eigenvalue weighted by Crippen LogP contribution is 2.27. The molecule has 0 radical (unpaired) electrons. The van der Waals surface area contributed by atoms with Gasteiger partial charge in [-0.15, -0.1) is 0 Å². The molecule has 2 heterocycles. The van der Waals surface area contributed by atoms with Crippen LogP contribution in [0.15, 0.2) is 89.9 Å². The molecule has 5 N–H and O–H groups in total. The molecule has 0 saturated carbocycles. The van der Waals surface area contributed by atoms with Crippen LogP contribution in [0, 0.1) is 6.92 Å². The Hall–Kier alpha value is -5.18. The van der Waals surface area contributed by atoms with E-state index in [4.69, 9.17) is 11.5 Å². The first-order valence-corrected chi connectivity index (χ1v) is 11.6. The van der Waals surface area contributed by atoms with Crippen molar-refractivity contribution in [1.29, 1.82) is 0 Å². The zero-order valence-corrected chi connectivity index (χ0v) is 20.3. The molecule has 0 unspecified atom stereocenters. The van der Waals surface area contributed by atoms with Crippen molar-refractivity contribution < 1.29 is 4.79 Å². The van der Waals surface area contributed by atoms with E-state index in [9.17, 15) is 9.59 Å². The highest BCUT2D eigenvalue weighted by Gasteiger charge is 2.22. The van der Waals surface area contributed by atoms with Gasteiger partial charge in [0.1, 0.15) is 17.1 Å². The second-order valence-corrected chi connectivity index (χ2v) is 8.58. The van der Waals surface area contributed by atoms with Gasteiger partial charge >= 0.3 is 0 Å². The second kappa shape index (κ2) is 9.46. The van der Waals surface area contributed by atoms with Gasteiger partial charge in [-0.05, 0) is 43.3 Å². The first-order chi connectivity index (χ1) is 17.8. The van der Waals surface area contributed by atoms with Gasteiger partial charge in [-0.2, -0.15) is 0 Å². The normalized spacial score (nSPS) is 10.9. The average Bonchev–Trinajstić information content (AvgIpc) is 3.13. The molecule has 5 aromatic rings. The maximum absolute atomic E-state index is 13.1. The van der Waals surface area contributed by atoms with Gasteiger partial charge in [-0.3, -0.25) is 14.3 Å². The lowest BCUT2D eigenvalue weighted by molar-refractivity contribution is 0.102. The number of carbonyl (C=O) groups excluding carboxylic acids is 1. The fourth-order valence-electron chi connectivity index (χ4n) is 4.14. The van der Waals surface area contributed by atoms with Crippen LogP contribution < -0.4 is 22.3 Å². The Kier molecular flexibility index (Phi) is 6.02. The first kappa shape index (κ1) is 23.6. The van der Waals surface area contributed by atoms with Crippen molar-refractivity contribution in [2.45, 2.75) is 6.92 Å². The van der Waals surface area contributed by atoms with Crippen LogP contribution in [0.3, 0.4) is 0 Å². The summed E-state index contributed by atoms with van der Waals surface area (Å²) >= 11 is 0. The molecule has 1 amide bonds. The van der Waals surface area contributed by atoms with Crippen LogP contribution in [-0.2, 0) is 7.05 Å². The fraction of sp³-hybridized carbons (Fsp3) is 0.0714. The summed E-state index contributed by atoms with van der Waals surface area (Å²) in [5.41, 5.74) is 16.8. The molecule has 5 rings (SSSR count). The molecule has 0 bridgehead atoms. The minimum Gasteiger partial charge on any atom is -0.399 e. The Morgan fingerprint density at radius 1 is 0.892 bits per heavy atom. The van der Waals surface area contributed by atoms with E-state index >= 15 is 0 Å². The van der Waals surface area contributed by atoms with Crippen LogP contribution in [0.5, 0.6) is 0 Å². The summed E-state index contributed by atoms with van der Waals surface area (Å²) in [4.78, 5) is 35.2. The molecule has 2 aromatic heterocycles. The van der Waals surface area contributed by atoms with Crippen LogP contribution in [0.1, 0.15) is 16.1 Å². The average molecular weight is 492 g/mol. The summed E-state index contributed by atoms with van der Waals surface area (Å²) in [7, 11) is 1.75. The van der Waals surface area contributed by atoms with Crippen molar-refractivity contribution in [2.24, 2.45) is 7.05 Å². The lowest BCUT2D eigenvalue weighted by Crippen LogP contribution is -2.25. The summed E-state index contributed by atoms with van der Waals surface area (Å²) < 4.78 is 3.15. The van der Waals surface area contributed by atoms with E-state index in [1.165, 1.54) is 4.68 Å². The lowest BCUT2D eigenvalue weighted by Gasteiger charge is -2.09. The van der Waals surface area contributed by atoms with Gasteiger partial charge < -0.3 is 16.8 Å². The van der Waals surface area contributed by atoms with Gasteiger partial charge in [0, 0.05) is 29.5 Å². The van der Waals surface area contributed by atoms with Gasteiger partial charge in [0.15, 0.2) is 0 Å². The first-order valence-electron chi connectivity index (χ1n) is 11.6. The fourth-order valence-corrected chi connectivity index (χ4v) is 4.14. The molecular formula is C28H25N7O2. The minimum absolute atomic E-state index is 0.0849. The van der Waals surface area contributed by atoms with Crippen molar-refractivity contribution in [3.63, 3.8) is 0 Å². The number of aromatic nitrogens is 4. The predicted molar refractivity (Wildman–Crippen MR) is 145 cm³/mol. The van der Waals surface area contributed by atoms with Crippen LogP contribution in [-0.4, -0.2) is 25.2 Å². The minimum atomic E-state index is -0.481. The third-order valence-electron chi connectivity index (χ3n) is 6.20. The van der Waals surface area contributed by atoms with Crippen LogP contribution in [0.4, 0.5) is 17.2 Å². The summed E-state index contributed by atoms with van der Waals surface area (Å²) in [6, 6.07) is 23.6. The molecule has 0 atom stereocenters. The molecule has 0 spiro atoms. The lowest BCUT2D eigenvalue weighted by atomic mass is 10.1. The van der Waals surface area contributed by atoms with Crippen LogP contribution in [0.25, 0.3) is 28.2 Å². The Morgan fingerprint density at radius 2 is 1.54 bits per heavy atom. The Labute approximate surface area is 213 Å². The van der Waals surface area contributed by atoms with Crippen molar-refractivity contribution >= 4 is 23.1 Å². The zero-order chi connectivity index (χ0) is 26.1. The molecule has 0 aliphatic heterocycles. The third kappa shape index (κ3) is 4.45. The van der Waals surface area contributed by atoms with E-state index in [-0.39, 0.29) is 16.9 Å². The Balaban J connectivity index is 1.40. The topological polar surface area (TPSA) is 134 Å². The molecule has 0 aliphatic rings. The number of hydrogen-bond acceptors (Lipinski definition) is 6. The number of nitrogens with zero attached hydrogens (tertiary/aromatic N) is 4. The van der Waals surface area contributed by atoms with E-state index in [1.54, 1.807) is 61.2 Å². The monoisotopic (exact) mass is 491 g/mol. The number of nitrogen functional groups attached to an aromatic ring is 2. The number of rotatable bonds is 5. The molecule has 0 saturated heterocycles. The summed E-state index contributed by atoms with van der Waals surface area (Å²) in [6.07, 6.45) is 1.61. The van der Waals surface area contributed by atoms with Gasteiger partial charge in [0.2, 0.25) is 0 Å².